The third-order valence-electron chi connectivity index (χ3n) is 2.16. The molecule has 6 heteroatoms. The van der Waals surface area contributed by atoms with E-state index in [1.807, 2.05) is 33.8 Å². The van der Waals surface area contributed by atoms with Gasteiger partial charge in [-0.3, -0.25) is 9.79 Å². The molecular formula is C11H18KO4P. The topological polar surface area (TPSA) is 66.8 Å². The number of phosphoric ester groups is 1. The second kappa shape index (κ2) is 6.30. The van der Waals surface area contributed by atoms with Crippen LogP contribution in [0.4, 0.5) is 0 Å². The molecule has 0 amide bonds. The Balaban J connectivity index is 0.00000256. The molecule has 0 aliphatic rings. The van der Waals surface area contributed by atoms with Gasteiger partial charge in [-0.15, -0.1) is 0 Å². The second-order valence-corrected chi connectivity index (χ2v) is 6.00. The minimum atomic E-state index is -4.50. The first-order valence-corrected chi connectivity index (χ1v) is 6.49. The average Bonchev–Trinajstić information content (AvgIpc) is 2.04. The monoisotopic (exact) mass is 284 g/mol. The summed E-state index contributed by atoms with van der Waals surface area (Å²) in [5.41, 5.74) is 1.59. The third-order valence-corrected chi connectivity index (χ3v) is 2.59. The summed E-state index contributed by atoms with van der Waals surface area (Å²) in [6.07, 6.45) is 0. The Morgan fingerprint density at radius 2 is 1.76 bits per heavy atom. The molecule has 0 atom stereocenters. The van der Waals surface area contributed by atoms with E-state index in [0.717, 1.165) is 11.1 Å². The molecule has 0 aromatic heterocycles. The number of phosphoric acid groups is 1. The zero-order chi connectivity index (χ0) is 12.6. The molecule has 1 aromatic rings. The van der Waals surface area contributed by atoms with Crippen molar-refractivity contribution in [3.63, 3.8) is 0 Å². The maximum atomic E-state index is 10.8. The van der Waals surface area contributed by atoms with Gasteiger partial charge in [0.05, 0.1) is 0 Å². The fourth-order valence-corrected chi connectivity index (χ4v) is 1.85. The van der Waals surface area contributed by atoms with Crippen LogP contribution in [0, 0.1) is 6.92 Å². The Kier molecular flexibility index (Phi) is 6.60. The van der Waals surface area contributed by atoms with Crippen molar-refractivity contribution in [2.45, 2.75) is 33.1 Å². The molecule has 0 aliphatic carbocycles. The molecule has 0 fully saturated rings. The van der Waals surface area contributed by atoms with Crippen LogP contribution in [0.3, 0.4) is 0 Å². The molecule has 0 unspecified atom stereocenters. The van der Waals surface area contributed by atoms with Crippen molar-refractivity contribution in [2.75, 3.05) is 0 Å². The van der Waals surface area contributed by atoms with Crippen molar-refractivity contribution >= 4 is 59.2 Å². The van der Waals surface area contributed by atoms with Crippen LogP contribution >= 0.6 is 7.82 Å². The van der Waals surface area contributed by atoms with E-state index in [2.05, 4.69) is 4.52 Å². The first-order valence-electron chi connectivity index (χ1n) is 4.96. The van der Waals surface area contributed by atoms with Gasteiger partial charge in [0.2, 0.25) is 0 Å². The van der Waals surface area contributed by atoms with Crippen LogP contribution in [0.1, 0.15) is 31.9 Å². The molecule has 0 aliphatic heterocycles. The fraction of sp³-hybridized carbons (Fsp3) is 0.455. The van der Waals surface area contributed by atoms with Gasteiger partial charge in [-0.2, -0.15) is 0 Å². The van der Waals surface area contributed by atoms with E-state index >= 15 is 0 Å². The Morgan fingerprint density at radius 1 is 1.24 bits per heavy atom. The molecule has 1 aromatic carbocycles. The van der Waals surface area contributed by atoms with Crippen molar-refractivity contribution in [2.24, 2.45) is 0 Å². The molecule has 2 N–H and O–H groups in total. The van der Waals surface area contributed by atoms with Crippen LogP contribution < -0.4 is 4.52 Å². The van der Waals surface area contributed by atoms with Crippen LogP contribution in [0.25, 0.3) is 0 Å². The molecule has 1 rings (SSSR count). The molecule has 0 radical (unpaired) electrons. The SMILES string of the molecule is Cc1ccc(OP(=O)(O)O)c(C(C)(C)C)c1.[KH]. The van der Waals surface area contributed by atoms with Gasteiger partial charge >= 0.3 is 59.2 Å². The summed E-state index contributed by atoms with van der Waals surface area (Å²) < 4.78 is 15.5. The molecule has 0 spiro atoms. The zero-order valence-corrected chi connectivity index (χ0v) is 10.8. The Bertz CT molecular complexity index is 434. The standard InChI is InChI=1S/C11H17O4P.K.H/c1-8-5-6-10(15-16(12,13)14)9(7-8)11(2,3)4;;/h5-7H,1-4H3,(H2,12,13,14);;. The third kappa shape index (κ3) is 5.99. The molecule has 0 saturated carbocycles. The van der Waals surface area contributed by atoms with Crippen molar-refractivity contribution in [3.05, 3.63) is 29.3 Å². The van der Waals surface area contributed by atoms with Crippen LogP contribution in [-0.2, 0) is 9.98 Å². The zero-order valence-electron chi connectivity index (χ0n) is 9.89. The predicted molar refractivity (Wildman–Crippen MR) is 69.7 cm³/mol. The average molecular weight is 284 g/mol. The summed E-state index contributed by atoms with van der Waals surface area (Å²) in [4.78, 5) is 17.6. The van der Waals surface area contributed by atoms with E-state index in [9.17, 15) is 4.57 Å². The number of aryl methyl sites for hydroxylation is 1. The summed E-state index contributed by atoms with van der Waals surface area (Å²) in [5, 5.41) is 0. The molecule has 0 bridgehead atoms. The molecule has 4 nitrogen and oxygen atoms in total. The second-order valence-electron chi connectivity index (χ2n) is 4.83. The van der Waals surface area contributed by atoms with Crippen molar-refractivity contribution in [3.8, 4) is 5.75 Å². The van der Waals surface area contributed by atoms with E-state index in [1.54, 1.807) is 12.1 Å². The van der Waals surface area contributed by atoms with Crippen LogP contribution in [0.15, 0.2) is 18.2 Å². The van der Waals surface area contributed by atoms with E-state index in [1.165, 1.54) is 0 Å². The van der Waals surface area contributed by atoms with Crippen LogP contribution in [0.2, 0.25) is 0 Å². The number of hydrogen-bond donors (Lipinski definition) is 2. The fourth-order valence-electron chi connectivity index (χ4n) is 1.44. The van der Waals surface area contributed by atoms with Crippen LogP contribution in [0.5, 0.6) is 5.75 Å². The Hall–Kier alpha value is 0.806. The summed E-state index contributed by atoms with van der Waals surface area (Å²) in [6, 6.07) is 5.24. The van der Waals surface area contributed by atoms with E-state index in [4.69, 9.17) is 9.79 Å². The normalized spacial score (nSPS) is 11.9. The van der Waals surface area contributed by atoms with Crippen LogP contribution in [-0.4, -0.2) is 61.2 Å². The van der Waals surface area contributed by atoms with Gasteiger partial charge in [-0.25, -0.2) is 4.57 Å². The maximum absolute atomic E-state index is 10.8. The first-order chi connectivity index (χ1) is 7.09. The van der Waals surface area contributed by atoms with E-state index < -0.39 is 7.82 Å². The minimum absolute atomic E-state index is 0. The summed E-state index contributed by atoms with van der Waals surface area (Å²) in [5.74, 6) is 0.242. The van der Waals surface area contributed by atoms with Crippen molar-refractivity contribution < 1.29 is 18.9 Å². The number of benzene rings is 1. The number of hydrogen-bond acceptors (Lipinski definition) is 2. The first kappa shape index (κ1) is 17.8. The Labute approximate surface area is 144 Å². The van der Waals surface area contributed by atoms with Gasteiger partial charge in [0.25, 0.3) is 0 Å². The molecule has 0 heterocycles. The number of rotatable bonds is 2. The Morgan fingerprint density at radius 3 is 2.18 bits per heavy atom. The summed E-state index contributed by atoms with van der Waals surface area (Å²) in [6.45, 7) is 7.83. The molecule has 0 saturated heterocycles. The van der Waals surface area contributed by atoms with Gasteiger partial charge in [-0.05, 0) is 18.4 Å². The molecule has 17 heavy (non-hydrogen) atoms. The van der Waals surface area contributed by atoms with Gasteiger partial charge in [0.15, 0.2) is 0 Å². The quantitative estimate of drug-likeness (QED) is 0.645. The van der Waals surface area contributed by atoms with E-state index in [-0.39, 0.29) is 62.5 Å². The van der Waals surface area contributed by atoms with Gasteiger partial charge in [0, 0.05) is 5.56 Å². The summed E-state index contributed by atoms with van der Waals surface area (Å²) >= 11 is 0. The predicted octanol–water partition coefficient (Wildman–Crippen LogP) is 2.12. The molecule has 92 valence electrons. The van der Waals surface area contributed by atoms with Crippen molar-refractivity contribution in [1.82, 2.24) is 0 Å². The van der Waals surface area contributed by atoms with E-state index in [0.29, 0.717) is 0 Å². The van der Waals surface area contributed by atoms with Gasteiger partial charge in [0.1, 0.15) is 5.75 Å². The summed E-state index contributed by atoms with van der Waals surface area (Å²) in [7, 11) is -4.50. The van der Waals surface area contributed by atoms with Gasteiger partial charge in [-0.1, -0.05) is 38.5 Å². The van der Waals surface area contributed by atoms with Gasteiger partial charge < -0.3 is 4.52 Å². The molecular weight excluding hydrogens is 266 g/mol. The van der Waals surface area contributed by atoms with Crippen molar-refractivity contribution in [1.29, 1.82) is 0 Å².